The number of benzene rings is 1. The summed E-state index contributed by atoms with van der Waals surface area (Å²) < 4.78 is 28.9. The van der Waals surface area contributed by atoms with Crippen LogP contribution in [0.4, 0.5) is 0 Å². The molecule has 0 spiro atoms. The summed E-state index contributed by atoms with van der Waals surface area (Å²) in [4.78, 5) is 0. The lowest BCUT2D eigenvalue weighted by Crippen LogP contribution is -2.26. The SMILES string of the molecule is Cc1cc(S(=O)(=O)NC(C)c2ccc(Br)cc2)sc1Cl. The molecule has 0 aliphatic carbocycles. The predicted molar refractivity (Wildman–Crippen MR) is 86.9 cm³/mol. The number of hydrogen-bond acceptors (Lipinski definition) is 3. The van der Waals surface area contributed by atoms with Gasteiger partial charge in [0.2, 0.25) is 0 Å². The van der Waals surface area contributed by atoms with Crippen LogP contribution in [0.15, 0.2) is 39.0 Å². The molecule has 0 radical (unpaired) electrons. The third-order valence-corrected chi connectivity index (χ3v) is 6.90. The summed E-state index contributed by atoms with van der Waals surface area (Å²) in [6.07, 6.45) is 0. The van der Waals surface area contributed by atoms with Gasteiger partial charge in [-0.3, -0.25) is 0 Å². The smallest absolute Gasteiger partial charge is 0.206 e. The molecule has 0 fully saturated rings. The quantitative estimate of drug-likeness (QED) is 0.829. The Labute approximate surface area is 136 Å². The lowest BCUT2D eigenvalue weighted by atomic mass is 10.1. The van der Waals surface area contributed by atoms with Crippen LogP contribution >= 0.6 is 38.9 Å². The molecule has 1 N–H and O–H groups in total. The highest BCUT2D eigenvalue weighted by Gasteiger charge is 2.21. The van der Waals surface area contributed by atoms with Gasteiger partial charge in [0.05, 0.1) is 4.34 Å². The van der Waals surface area contributed by atoms with Crippen LogP contribution in [0.1, 0.15) is 24.1 Å². The van der Waals surface area contributed by atoms with Crippen LogP contribution in [-0.2, 0) is 10.0 Å². The van der Waals surface area contributed by atoms with Crippen molar-refractivity contribution in [2.75, 3.05) is 0 Å². The molecule has 1 atom stereocenters. The zero-order chi connectivity index (χ0) is 14.9. The van der Waals surface area contributed by atoms with Crippen molar-refractivity contribution in [1.29, 1.82) is 0 Å². The number of aryl methyl sites for hydroxylation is 1. The normalized spacial score (nSPS) is 13.4. The Bertz CT molecular complexity index is 691. The van der Waals surface area contributed by atoms with E-state index in [9.17, 15) is 8.42 Å². The zero-order valence-electron chi connectivity index (χ0n) is 10.9. The average Bonchev–Trinajstić information content (AvgIpc) is 2.71. The maximum atomic E-state index is 12.3. The molecule has 2 aromatic rings. The molecule has 0 aliphatic heterocycles. The Morgan fingerprint density at radius 1 is 1.30 bits per heavy atom. The highest BCUT2D eigenvalue weighted by atomic mass is 79.9. The monoisotopic (exact) mass is 393 g/mol. The van der Waals surface area contributed by atoms with Crippen molar-refractivity contribution in [2.24, 2.45) is 0 Å². The number of hydrogen-bond donors (Lipinski definition) is 1. The maximum absolute atomic E-state index is 12.3. The first kappa shape index (κ1) is 16.0. The second-order valence-corrected chi connectivity index (χ2v) is 8.93. The third-order valence-electron chi connectivity index (χ3n) is 2.80. The van der Waals surface area contributed by atoms with Gasteiger partial charge in [-0.15, -0.1) is 11.3 Å². The van der Waals surface area contributed by atoms with E-state index in [-0.39, 0.29) is 10.3 Å². The molecular weight excluding hydrogens is 382 g/mol. The van der Waals surface area contributed by atoms with Crippen molar-refractivity contribution < 1.29 is 8.42 Å². The fourth-order valence-corrected chi connectivity index (χ4v) is 4.90. The van der Waals surface area contributed by atoms with Crippen molar-refractivity contribution in [2.45, 2.75) is 24.1 Å². The zero-order valence-corrected chi connectivity index (χ0v) is 14.8. The van der Waals surface area contributed by atoms with E-state index >= 15 is 0 Å². The molecule has 0 amide bonds. The number of sulfonamides is 1. The van der Waals surface area contributed by atoms with Crippen molar-refractivity contribution in [3.05, 3.63) is 50.3 Å². The Kier molecular flexibility index (Phi) is 4.92. The van der Waals surface area contributed by atoms with E-state index in [0.29, 0.717) is 4.34 Å². The van der Waals surface area contributed by atoms with Gasteiger partial charge < -0.3 is 0 Å². The summed E-state index contributed by atoms with van der Waals surface area (Å²) >= 11 is 10.3. The molecule has 1 aromatic carbocycles. The molecule has 7 heteroatoms. The molecule has 0 bridgehead atoms. The molecule has 2 rings (SSSR count). The summed E-state index contributed by atoms with van der Waals surface area (Å²) in [5.74, 6) is 0. The minimum Gasteiger partial charge on any atom is -0.206 e. The maximum Gasteiger partial charge on any atom is 0.250 e. The van der Waals surface area contributed by atoms with Crippen molar-refractivity contribution in [3.63, 3.8) is 0 Å². The van der Waals surface area contributed by atoms with Crippen molar-refractivity contribution in [3.8, 4) is 0 Å². The molecule has 1 unspecified atom stereocenters. The van der Waals surface area contributed by atoms with Crippen LogP contribution in [0.5, 0.6) is 0 Å². The molecule has 3 nitrogen and oxygen atoms in total. The lowest BCUT2D eigenvalue weighted by molar-refractivity contribution is 0.569. The second kappa shape index (κ2) is 6.15. The van der Waals surface area contributed by atoms with E-state index in [1.807, 2.05) is 31.2 Å². The van der Waals surface area contributed by atoms with E-state index in [1.54, 1.807) is 13.0 Å². The fraction of sp³-hybridized carbons (Fsp3) is 0.231. The molecule has 0 saturated carbocycles. The van der Waals surface area contributed by atoms with Crippen LogP contribution < -0.4 is 4.72 Å². The summed E-state index contributed by atoms with van der Waals surface area (Å²) in [7, 11) is -3.55. The van der Waals surface area contributed by atoms with Crippen LogP contribution in [0.2, 0.25) is 4.34 Å². The van der Waals surface area contributed by atoms with Gasteiger partial charge in [0.15, 0.2) is 0 Å². The van der Waals surface area contributed by atoms with Crippen molar-refractivity contribution in [1.82, 2.24) is 4.72 Å². The minimum atomic E-state index is -3.55. The van der Waals surface area contributed by atoms with Crippen molar-refractivity contribution >= 4 is 48.9 Å². The molecule has 0 saturated heterocycles. The third kappa shape index (κ3) is 3.62. The van der Waals surface area contributed by atoms with Gasteiger partial charge in [-0.1, -0.05) is 39.7 Å². The first-order chi connectivity index (χ1) is 9.29. The van der Waals surface area contributed by atoms with Gasteiger partial charge in [0, 0.05) is 10.5 Å². The summed E-state index contributed by atoms with van der Waals surface area (Å²) in [5, 5.41) is 0. The number of thiophene rings is 1. The van der Waals surface area contributed by atoms with Crippen LogP contribution in [0, 0.1) is 6.92 Å². The topological polar surface area (TPSA) is 46.2 Å². The van der Waals surface area contributed by atoms with E-state index in [2.05, 4.69) is 20.7 Å². The number of halogens is 2. The van der Waals surface area contributed by atoms with E-state index in [0.717, 1.165) is 26.9 Å². The Morgan fingerprint density at radius 3 is 2.40 bits per heavy atom. The van der Waals surface area contributed by atoms with E-state index in [1.165, 1.54) is 0 Å². The highest BCUT2D eigenvalue weighted by Crippen LogP contribution is 2.30. The van der Waals surface area contributed by atoms with Gasteiger partial charge in [0.25, 0.3) is 10.0 Å². The molecular formula is C13H13BrClNO2S2. The van der Waals surface area contributed by atoms with E-state index in [4.69, 9.17) is 11.6 Å². The van der Waals surface area contributed by atoms with Gasteiger partial charge in [-0.2, -0.15) is 0 Å². The van der Waals surface area contributed by atoms with Gasteiger partial charge in [0.1, 0.15) is 4.21 Å². The second-order valence-electron chi connectivity index (χ2n) is 4.42. The molecule has 20 heavy (non-hydrogen) atoms. The first-order valence-electron chi connectivity index (χ1n) is 5.83. The number of nitrogens with one attached hydrogen (secondary N) is 1. The van der Waals surface area contributed by atoms with Gasteiger partial charge >= 0.3 is 0 Å². The number of rotatable bonds is 4. The summed E-state index contributed by atoms with van der Waals surface area (Å²) in [6.45, 7) is 3.60. The lowest BCUT2D eigenvalue weighted by Gasteiger charge is -2.13. The van der Waals surface area contributed by atoms with E-state index < -0.39 is 10.0 Å². The summed E-state index contributed by atoms with van der Waals surface area (Å²) in [6, 6.07) is 8.80. The Balaban J connectivity index is 2.21. The van der Waals surface area contributed by atoms with Gasteiger partial charge in [-0.05, 0) is 43.2 Å². The standard InChI is InChI=1S/C13H13BrClNO2S2/c1-8-7-12(19-13(8)15)20(17,18)16-9(2)10-3-5-11(14)6-4-10/h3-7,9,16H,1-2H3. The molecule has 108 valence electrons. The predicted octanol–water partition coefficient (Wildman–Crippen LogP) is 4.51. The molecule has 1 aromatic heterocycles. The summed E-state index contributed by atoms with van der Waals surface area (Å²) in [5.41, 5.74) is 1.67. The van der Waals surface area contributed by atoms with Crippen LogP contribution in [-0.4, -0.2) is 8.42 Å². The highest BCUT2D eigenvalue weighted by molar-refractivity contribution is 9.10. The molecule has 1 heterocycles. The van der Waals surface area contributed by atoms with Crippen LogP contribution in [0.25, 0.3) is 0 Å². The first-order valence-corrected chi connectivity index (χ1v) is 9.30. The molecule has 0 aliphatic rings. The Hall–Kier alpha value is -0.400. The van der Waals surface area contributed by atoms with Gasteiger partial charge in [-0.25, -0.2) is 13.1 Å². The largest absolute Gasteiger partial charge is 0.250 e. The minimum absolute atomic E-state index is 0.240. The average molecular weight is 395 g/mol. The fourth-order valence-electron chi connectivity index (χ4n) is 1.67. The Morgan fingerprint density at radius 2 is 1.90 bits per heavy atom. The van der Waals surface area contributed by atoms with Crippen LogP contribution in [0.3, 0.4) is 0 Å².